The van der Waals surface area contributed by atoms with Crippen molar-refractivity contribution in [1.82, 2.24) is 0 Å². The van der Waals surface area contributed by atoms with Gasteiger partial charge in [0.1, 0.15) is 0 Å². The molecule has 0 aromatic rings. The third kappa shape index (κ3) is 15.0. The van der Waals surface area contributed by atoms with E-state index < -0.39 is 0 Å². The first-order valence-corrected chi connectivity index (χ1v) is 11.1. The summed E-state index contributed by atoms with van der Waals surface area (Å²) >= 11 is 0. The van der Waals surface area contributed by atoms with Crippen molar-refractivity contribution in [2.75, 3.05) is 26.2 Å². The van der Waals surface area contributed by atoms with E-state index in [4.69, 9.17) is 0 Å². The number of quaternary nitrogens is 1. The van der Waals surface area contributed by atoms with Crippen molar-refractivity contribution in [2.24, 2.45) is 0 Å². The molecule has 0 aromatic heterocycles. The van der Waals surface area contributed by atoms with E-state index in [1.54, 1.807) is 0 Å². The highest BCUT2D eigenvalue weighted by Crippen LogP contribution is 2.18. The molecule has 2 heteroatoms. The summed E-state index contributed by atoms with van der Waals surface area (Å²) in [5.41, 5.74) is 0. The van der Waals surface area contributed by atoms with E-state index in [2.05, 4.69) is 27.7 Å². The van der Waals surface area contributed by atoms with Gasteiger partial charge in [0.2, 0.25) is 0 Å². The fraction of sp³-hybridized carbons (Fsp3) is 1.00. The van der Waals surface area contributed by atoms with Gasteiger partial charge >= 0.3 is 0 Å². The summed E-state index contributed by atoms with van der Waals surface area (Å²) in [6.07, 6.45) is 19.9. The molecule has 0 saturated heterocycles. The van der Waals surface area contributed by atoms with Gasteiger partial charge in [-0.2, -0.15) is 0 Å². The van der Waals surface area contributed by atoms with Crippen LogP contribution in [0, 0.1) is 0 Å². The summed E-state index contributed by atoms with van der Waals surface area (Å²) in [6, 6.07) is 0. The van der Waals surface area contributed by atoms with Crippen molar-refractivity contribution in [3.63, 3.8) is 0 Å². The zero-order valence-corrected chi connectivity index (χ0v) is 19.7. The lowest BCUT2D eigenvalue weighted by Crippen LogP contribution is -3.00. The Morgan fingerprint density at radius 3 is 1.00 bits per heavy atom. The van der Waals surface area contributed by atoms with Crippen molar-refractivity contribution in [2.45, 2.75) is 118 Å². The molecule has 0 rings (SSSR count). The Morgan fingerprint density at radius 1 is 0.375 bits per heavy atom. The van der Waals surface area contributed by atoms with Crippen LogP contribution >= 0.6 is 0 Å². The van der Waals surface area contributed by atoms with Gasteiger partial charge in [-0.3, -0.25) is 0 Å². The van der Waals surface area contributed by atoms with Gasteiger partial charge in [-0.25, -0.2) is 0 Å². The predicted octanol–water partition coefficient (Wildman–Crippen LogP) is 4.35. The molecule has 0 fully saturated rings. The van der Waals surface area contributed by atoms with E-state index >= 15 is 0 Å². The number of hydrogen-bond acceptors (Lipinski definition) is 0. The van der Waals surface area contributed by atoms with E-state index in [0.29, 0.717) is 0 Å². The topological polar surface area (TPSA) is 0 Å². The van der Waals surface area contributed by atoms with E-state index in [0.717, 1.165) is 0 Å². The van der Waals surface area contributed by atoms with Gasteiger partial charge in [-0.15, -0.1) is 0 Å². The molecule has 24 heavy (non-hydrogen) atoms. The average molecular weight is 454 g/mol. The van der Waals surface area contributed by atoms with Crippen molar-refractivity contribution in [1.29, 1.82) is 0 Å². The van der Waals surface area contributed by atoms with Gasteiger partial charge < -0.3 is 28.5 Å². The third-order valence-corrected chi connectivity index (χ3v) is 5.44. The van der Waals surface area contributed by atoms with Gasteiger partial charge in [0, 0.05) is 0 Å². The highest BCUT2D eigenvalue weighted by molar-refractivity contribution is 4.52. The normalized spacial score (nSPS) is 11.5. The molecule has 0 spiro atoms. The van der Waals surface area contributed by atoms with Crippen LogP contribution in [0.3, 0.4) is 0 Å². The quantitative estimate of drug-likeness (QED) is 0.165. The summed E-state index contributed by atoms with van der Waals surface area (Å²) in [5.74, 6) is 0. The van der Waals surface area contributed by atoms with Crippen molar-refractivity contribution < 1.29 is 28.5 Å². The number of nitrogens with zero attached hydrogens (tertiary/aromatic N) is 1. The third-order valence-electron chi connectivity index (χ3n) is 5.44. The molecule has 0 unspecified atom stereocenters. The van der Waals surface area contributed by atoms with E-state index in [1.165, 1.54) is 121 Å². The van der Waals surface area contributed by atoms with Crippen LogP contribution in [0.25, 0.3) is 0 Å². The first-order valence-electron chi connectivity index (χ1n) is 11.1. The van der Waals surface area contributed by atoms with Crippen LogP contribution in [0.5, 0.6) is 0 Å². The van der Waals surface area contributed by atoms with E-state index in [-0.39, 0.29) is 24.0 Å². The fourth-order valence-electron chi connectivity index (χ4n) is 3.76. The zero-order valence-electron chi connectivity index (χ0n) is 17.6. The SMILES string of the molecule is CCCCCCC[N+](CCCC)(CCCC)CCCCCCC.[I-]. The Kier molecular flexibility index (Phi) is 22.4. The molecule has 0 aromatic carbocycles. The summed E-state index contributed by atoms with van der Waals surface area (Å²) < 4.78 is 1.44. The lowest BCUT2D eigenvalue weighted by atomic mass is 10.1. The molecule has 0 atom stereocenters. The molecule has 148 valence electrons. The number of hydrogen-bond donors (Lipinski definition) is 0. The van der Waals surface area contributed by atoms with Crippen LogP contribution < -0.4 is 24.0 Å². The van der Waals surface area contributed by atoms with E-state index in [1.807, 2.05) is 0 Å². The molecule has 0 saturated carbocycles. The van der Waals surface area contributed by atoms with Gasteiger partial charge in [-0.1, -0.05) is 79.1 Å². The highest BCUT2D eigenvalue weighted by Gasteiger charge is 2.25. The maximum atomic E-state index is 2.36. The molecule has 0 aliphatic heterocycles. The molecule has 0 heterocycles. The summed E-state index contributed by atoms with van der Waals surface area (Å²) in [5, 5.41) is 0. The lowest BCUT2D eigenvalue weighted by Gasteiger charge is -2.39. The molecule has 0 aliphatic rings. The Labute approximate surface area is 172 Å². The second kappa shape index (κ2) is 20.0. The molecule has 0 radical (unpaired) electrons. The molecular formula is C22H48IN. The summed E-state index contributed by atoms with van der Waals surface area (Å²) in [4.78, 5) is 0. The van der Waals surface area contributed by atoms with Gasteiger partial charge in [-0.05, 0) is 38.5 Å². The number of unbranched alkanes of at least 4 members (excludes halogenated alkanes) is 10. The van der Waals surface area contributed by atoms with Crippen LogP contribution in [0.15, 0.2) is 0 Å². The average Bonchev–Trinajstić information content (AvgIpc) is 2.57. The summed E-state index contributed by atoms with van der Waals surface area (Å²) in [7, 11) is 0. The van der Waals surface area contributed by atoms with Gasteiger partial charge in [0.05, 0.1) is 26.2 Å². The number of halogens is 1. The first kappa shape index (κ1) is 26.9. The predicted molar refractivity (Wildman–Crippen MR) is 107 cm³/mol. The molecule has 0 aliphatic carbocycles. The van der Waals surface area contributed by atoms with Crippen molar-refractivity contribution in [3.05, 3.63) is 0 Å². The van der Waals surface area contributed by atoms with Crippen molar-refractivity contribution >= 4 is 0 Å². The minimum absolute atomic E-state index is 0. The standard InChI is InChI=1S/C22H48N.HI/c1-5-9-13-15-17-21-23(19-11-7-3,20-12-8-4)22-18-16-14-10-6-2;/h5-22H2,1-4H3;1H/q+1;/p-1. The zero-order chi connectivity index (χ0) is 17.2. The summed E-state index contributed by atoms with van der Waals surface area (Å²) in [6.45, 7) is 15.2. The highest BCUT2D eigenvalue weighted by atomic mass is 127. The van der Waals surface area contributed by atoms with Crippen LogP contribution in [-0.2, 0) is 0 Å². The molecular weight excluding hydrogens is 405 g/mol. The fourth-order valence-corrected chi connectivity index (χ4v) is 3.76. The molecule has 1 nitrogen and oxygen atoms in total. The first-order chi connectivity index (χ1) is 11.2. The molecule has 0 bridgehead atoms. The Balaban J connectivity index is 0. The smallest absolute Gasteiger partial charge is 0.0786 e. The van der Waals surface area contributed by atoms with Gasteiger partial charge in [0.15, 0.2) is 0 Å². The second-order valence-corrected chi connectivity index (χ2v) is 7.77. The minimum Gasteiger partial charge on any atom is -1.00 e. The Bertz CT molecular complexity index is 206. The Morgan fingerprint density at radius 2 is 0.667 bits per heavy atom. The lowest BCUT2D eigenvalue weighted by molar-refractivity contribution is -0.929. The van der Waals surface area contributed by atoms with Crippen LogP contribution in [-0.4, -0.2) is 30.7 Å². The maximum Gasteiger partial charge on any atom is 0.0786 e. The Hall–Kier alpha value is 0.690. The van der Waals surface area contributed by atoms with Gasteiger partial charge in [0.25, 0.3) is 0 Å². The van der Waals surface area contributed by atoms with E-state index in [9.17, 15) is 0 Å². The van der Waals surface area contributed by atoms with Crippen molar-refractivity contribution in [3.8, 4) is 0 Å². The number of rotatable bonds is 18. The maximum absolute atomic E-state index is 2.36. The second-order valence-electron chi connectivity index (χ2n) is 7.77. The van der Waals surface area contributed by atoms with Crippen LogP contribution in [0.1, 0.15) is 118 Å². The van der Waals surface area contributed by atoms with Crippen LogP contribution in [0.4, 0.5) is 0 Å². The monoisotopic (exact) mass is 453 g/mol. The molecule has 0 amide bonds. The minimum atomic E-state index is 0. The molecule has 0 N–H and O–H groups in total. The largest absolute Gasteiger partial charge is 1.00 e. The van der Waals surface area contributed by atoms with Crippen LogP contribution in [0.2, 0.25) is 0 Å².